The summed E-state index contributed by atoms with van der Waals surface area (Å²) in [5.41, 5.74) is 10.5. The van der Waals surface area contributed by atoms with Crippen LogP contribution in [0.5, 0.6) is 0 Å². The first-order chi connectivity index (χ1) is 14.0. The van der Waals surface area contributed by atoms with Crippen molar-refractivity contribution in [1.29, 1.82) is 0 Å². The van der Waals surface area contributed by atoms with Gasteiger partial charge in [-0.05, 0) is 26.2 Å². The van der Waals surface area contributed by atoms with Crippen molar-refractivity contribution in [3.8, 4) is 0 Å². The zero-order chi connectivity index (χ0) is 23.0. The van der Waals surface area contributed by atoms with Gasteiger partial charge in [0.05, 0.1) is 12.7 Å². The van der Waals surface area contributed by atoms with Crippen molar-refractivity contribution in [1.82, 2.24) is 15.5 Å². The van der Waals surface area contributed by atoms with Crippen LogP contribution in [0.4, 0.5) is 0 Å². The number of rotatable bonds is 11. The second-order valence-electron chi connectivity index (χ2n) is 7.11. The first-order valence-electron chi connectivity index (χ1n) is 9.46. The highest BCUT2D eigenvalue weighted by Gasteiger charge is 2.40. The lowest BCUT2D eigenvalue weighted by atomic mass is 10.1. The number of carbonyl (C=O) groups is 5. The summed E-state index contributed by atoms with van der Waals surface area (Å²) in [6, 6.07) is -5.19. The topological polar surface area (TPSA) is 225 Å². The standard InChI is InChI=1S/C17H29N5O8/c1-8(24)13(16(28)22-6-2-3-11(22)17(29)30)21-15(27)10(4-5-12(19)25)20-14(26)9(18)7-23/h8-11,13,23-24H,2-7,18H2,1H3,(H2,19,25)(H,20,26)(H,21,27)(H,29,30). The molecule has 0 bridgehead atoms. The lowest BCUT2D eigenvalue weighted by molar-refractivity contribution is -0.150. The van der Waals surface area contributed by atoms with Crippen LogP contribution < -0.4 is 22.1 Å². The van der Waals surface area contributed by atoms with E-state index in [4.69, 9.17) is 16.6 Å². The van der Waals surface area contributed by atoms with Gasteiger partial charge in [-0.2, -0.15) is 0 Å². The average molecular weight is 431 g/mol. The van der Waals surface area contributed by atoms with Crippen LogP contribution in [0.25, 0.3) is 0 Å². The molecule has 30 heavy (non-hydrogen) atoms. The van der Waals surface area contributed by atoms with Gasteiger partial charge in [-0.1, -0.05) is 0 Å². The molecular formula is C17H29N5O8. The van der Waals surface area contributed by atoms with E-state index in [-0.39, 0.29) is 25.8 Å². The van der Waals surface area contributed by atoms with Gasteiger partial charge in [0.2, 0.25) is 23.6 Å². The first kappa shape index (κ1) is 25.3. The third kappa shape index (κ3) is 6.93. The third-order valence-corrected chi connectivity index (χ3v) is 4.71. The van der Waals surface area contributed by atoms with Gasteiger partial charge in [0.25, 0.3) is 0 Å². The molecule has 1 fully saturated rings. The maximum Gasteiger partial charge on any atom is 0.326 e. The molecule has 0 aromatic rings. The number of hydrogen-bond donors (Lipinski definition) is 7. The molecule has 9 N–H and O–H groups in total. The fourth-order valence-electron chi connectivity index (χ4n) is 3.03. The number of carbonyl (C=O) groups excluding carboxylic acids is 4. The van der Waals surface area contributed by atoms with E-state index in [1.165, 1.54) is 6.92 Å². The number of nitrogens with two attached hydrogens (primary N) is 2. The lowest BCUT2D eigenvalue weighted by Gasteiger charge is -2.30. The number of primary amides is 1. The Hall–Kier alpha value is -2.77. The molecule has 1 aliphatic heterocycles. The lowest BCUT2D eigenvalue weighted by Crippen LogP contribution is -2.60. The third-order valence-electron chi connectivity index (χ3n) is 4.71. The van der Waals surface area contributed by atoms with Crippen molar-refractivity contribution in [2.75, 3.05) is 13.2 Å². The van der Waals surface area contributed by atoms with Crippen LogP contribution in [-0.4, -0.2) is 93.2 Å². The maximum absolute atomic E-state index is 12.8. The smallest absolute Gasteiger partial charge is 0.326 e. The van der Waals surface area contributed by atoms with Crippen LogP contribution in [0.1, 0.15) is 32.6 Å². The van der Waals surface area contributed by atoms with E-state index in [2.05, 4.69) is 10.6 Å². The molecule has 1 aliphatic rings. The van der Waals surface area contributed by atoms with Gasteiger partial charge < -0.3 is 42.3 Å². The number of likely N-dealkylation sites (tertiary alicyclic amines) is 1. The molecule has 1 rings (SSSR count). The Labute approximate surface area is 172 Å². The highest BCUT2D eigenvalue weighted by Crippen LogP contribution is 2.19. The van der Waals surface area contributed by atoms with Crippen LogP contribution >= 0.6 is 0 Å². The molecule has 13 nitrogen and oxygen atoms in total. The van der Waals surface area contributed by atoms with Gasteiger partial charge >= 0.3 is 5.97 Å². The van der Waals surface area contributed by atoms with E-state index < -0.39 is 66.5 Å². The van der Waals surface area contributed by atoms with Crippen molar-refractivity contribution >= 4 is 29.6 Å². The van der Waals surface area contributed by atoms with Crippen molar-refractivity contribution in [3.63, 3.8) is 0 Å². The minimum atomic E-state index is -1.48. The molecule has 1 heterocycles. The van der Waals surface area contributed by atoms with Gasteiger partial charge in [0.15, 0.2) is 0 Å². The van der Waals surface area contributed by atoms with E-state index in [9.17, 15) is 34.2 Å². The molecular weight excluding hydrogens is 402 g/mol. The van der Waals surface area contributed by atoms with Crippen LogP contribution in [0.3, 0.4) is 0 Å². The molecule has 5 atom stereocenters. The molecule has 0 aliphatic carbocycles. The zero-order valence-electron chi connectivity index (χ0n) is 16.6. The van der Waals surface area contributed by atoms with Crippen molar-refractivity contribution in [2.45, 2.75) is 62.9 Å². The van der Waals surface area contributed by atoms with E-state index in [1.54, 1.807) is 0 Å². The number of aliphatic hydroxyl groups excluding tert-OH is 2. The number of aliphatic hydroxyl groups is 2. The Balaban J connectivity index is 2.97. The normalized spacial score (nSPS) is 20.0. The van der Waals surface area contributed by atoms with Crippen molar-refractivity contribution in [2.24, 2.45) is 11.5 Å². The van der Waals surface area contributed by atoms with Gasteiger partial charge in [0, 0.05) is 13.0 Å². The van der Waals surface area contributed by atoms with Crippen molar-refractivity contribution in [3.05, 3.63) is 0 Å². The highest BCUT2D eigenvalue weighted by atomic mass is 16.4. The highest BCUT2D eigenvalue weighted by molar-refractivity contribution is 5.94. The monoisotopic (exact) mass is 431 g/mol. The number of carboxylic acids is 1. The summed E-state index contributed by atoms with van der Waals surface area (Å²) in [7, 11) is 0. The SMILES string of the molecule is CC(O)C(NC(=O)C(CCC(N)=O)NC(=O)C(N)CO)C(=O)N1CCCC1C(=O)O. The van der Waals surface area contributed by atoms with Crippen LogP contribution in [0, 0.1) is 0 Å². The second-order valence-corrected chi connectivity index (χ2v) is 7.11. The Bertz CT molecular complexity index is 671. The summed E-state index contributed by atoms with van der Waals surface area (Å²) in [5.74, 6) is -4.48. The van der Waals surface area contributed by atoms with Gasteiger partial charge in [0.1, 0.15) is 24.2 Å². The molecule has 170 valence electrons. The summed E-state index contributed by atoms with van der Waals surface area (Å²) < 4.78 is 0. The largest absolute Gasteiger partial charge is 0.480 e. The predicted octanol–water partition coefficient (Wildman–Crippen LogP) is -4.00. The molecule has 4 amide bonds. The van der Waals surface area contributed by atoms with Crippen molar-refractivity contribution < 1.29 is 39.3 Å². The van der Waals surface area contributed by atoms with Gasteiger partial charge in [-0.25, -0.2) is 4.79 Å². The van der Waals surface area contributed by atoms with Gasteiger partial charge in [-0.15, -0.1) is 0 Å². The zero-order valence-corrected chi connectivity index (χ0v) is 16.6. The summed E-state index contributed by atoms with van der Waals surface area (Å²) in [4.78, 5) is 60.9. The number of nitrogens with one attached hydrogen (secondary N) is 2. The quantitative estimate of drug-likeness (QED) is 0.169. The summed E-state index contributed by atoms with van der Waals surface area (Å²) in [5, 5.41) is 32.8. The molecule has 0 spiro atoms. The Morgan fingerprint density at radius 3 is 2.30 bits per heavy atom. The molecule has 5 unspecified atom stereocenters. The number of nitrogens with zero attached hydrogens (tertiary/aromatic N) is 1. The first-order valence-corrected chi connectivity index (χ1v) is 9.46. The molecule has 0 aromatic carbocycles. The van der Waals surface area contributed by atoms with E-state index in [1.807, 2.05) is 0 Å². The summed E-state index contributed by atoms with van der Waals surface area (Å²) in [6.07, 6.45) is -1.15. The van der Waals surface area contributed by atoms with E-state index >= 15 is 0 Å². The van der Waals surface area contributed by atoms with Crippen LogP contribution in [0.2, 0.25) is 0 Å². The number of amides is 4. The minimum Gasteiger partial charge on any atom is -0.480 e. The fourth-order valence-corrected chi connectivity index (χ4v) is 3.03. The Morgan fingerprint density at radius 2 is 1.80 bits per heavy atom. The average Bonchev–Trinajstić information content (AvgIpc) is 3.17. The molecule has 13 heteroatoms. The molecule has 0 radical (unpaired) electrons. The Morgan fingerprint density at radius 1 is 1.17 bits per heavy atom. The molecule has 0 saturated carbocycles. The van der Waals surface area contributed by atoms with E-state index in [0.717, 1.165) is 4.90 Å². The van der Waals surface area contributed by atoms with Crippen LogP contribution in [-0.2, 0) is 24.0 Å². The minimum absolute atomic E-state index is 0.155. The summed E-state index contributed by atoms with van der Waals surface area (Å²) in [6.45, 7) is 0.714. The number of aliphatic carboxylic acids is 1. The predicted molar refractivity (Wildman–Crippen MR) is 101 cm³/mol. The molecule has 0 aromatic heterocycles. The number of hydrogen-bond acceptors (Lipinski definition) is 8. The Kier molecular flexibility index (Phi) is 9.62. The van der Waals surface area contributed by atoms with E-state index in [0.29, 0.717) is 6.42 Å². The van der Waals surface area contributed by atoms with Gasteiger partial charge in [-0.3, -0.25) is 19.2 Å². The van der Waals surface area contributed by atoms with Crippen LogP contribution in [0.15, 0.2) is 0 Å². The molecule has 1 saturated heterocycles. The maximum atomic E-state index is 12.8. The second kappa shape index (κ2) is 11.4. The number of carboxylic acid groups (broad SMARTS) is 1. The fraction of sp³-hybridized carbons (Fsp3) is 0.706. The summed E-state index contributed by atoms with van der Waals surface area (Å²) >= 11 is 0.